The fraction of sp³-hybridized carbons (Fsp3) is 0.556. The van der Waals surface area contributed by atoms with Crippen LogP contribution in [0.25, 0.3) is 0 Å². The lowest BCUT2D eigenvalue weighted by atomic mass is 9.94. The highest BCUT2D eigenvalue weighted by Gasteiger charge is 2.24. The summed E-state index contributed by atoms with van der Waals surface area (Å²) >= 11 is 0. The smallest absolute Gasteiger partial charge is 0.260 e. The van der Waals surface area contributed by atoms with Crippen molar-refractivity contribution in [3.8, 4) is 5.75 Å². The molecule has 1 aromatic carbocycles. The van der Waals surface area contributed by atoms with Crippen molar-refractivity contribution in [2.24, 2.45) is 0 Å². The summed E-state index contributed by atoms with van der Waals surface area (Å²) in [4.78, 5) is 25.5. The molecule has 4 nitrogen and oxygen atoms in total. The first-order chi connectivity index (χ1) is 10.6. The molecule has 2 rings (SSSR count). The number of benzene rings is 1. The number of hydrogen-bond acceptors (Lipinski definition) is 3. The molecule has 1 aliphatic carbocycles. The summed E-state index contributed by atoms with van der Waals surface area (Å²) in [7, 11) is 0. The van der Waals surface area contributed by atoms with E-state index in [2.05, 4.69) is 0 Å². The lowest BCUT2D eigenvalue weighted by molar-refractivity contribution is -0.136. The van der Waals surface area contributed by atoms with E-state index in [-0.39, 0.29) is 18.3 Å². The average molecular weight is 303 g/mol. The van der Waals surface area contributed by atoms with Crippen LogP contribution < -0.4 is 4.74 Å². The second kappa shape index (κ2) is 7.97. The fourth-order valence-electron chi connectivity index (χ4n) is 3.04. The number of amides is 1. The van der Waals surface area contributed by atoms with Crippen molar-refractivity contribution in [3.63, 3.8) is 0 Å². The lowest BCUT2D eigenvalue weighted by Crippen LogP contribution is -2.43. The second-order valence-corrected chi connectivity index (χ2v) is 5.84. The number of likely N-dealkylation sites (N-methyl/N-ethyl adjacent to an activating group) is 1. The van der Waals surface area contributed by atoms with Crippen molar-refractivity contribution < 1.29 is 14.3 Å². The minimum absolute atomic E-state index is 0.0251. The van der Waals surface area contributed by atoms with Gasteiger partial charge in [-0.3, -0.25) is 9.59 Å². The molecule has 0 aliphatic heterocycles. The summed E-state index contributed by atoms with van der Waals surface area (Å²) in [5.74, 6) is 0.695. The molecule has 4 heteroatoms. The standard InChI is InChI=1S/C18H25NO3/c1-3-19(16-7-5-4-6-8-16)18(21)13-22-17-11-9-15(10-12-17)14(2)20/h9-12,16H,3-8,13H2,1-2H3. The Bertz CT molecular complexity index is 504. The SMILES string of the molecule is CCN(C(=O)COc1ccc(C(C)=O)cc1)C1CCCCC1. The van der Waals surface area contributed by atoms with Crippen LogP contribution in [0.5, 0.6) is 5.75 Å². The molecule has 0 aromatic heterocycles. The maximum atomic E-state index is 12.4. The minimum Gasteiger partial charge on any atom is -0.484 e. The van der Waals surface area contributed by atoms with Crippen LogP contribution in [0.2, 0.25) is 0 Å². The van der Waals surface area contributed by atoms with Gasteiger partial charge in [-0.2, -0.15) is 0 Å². The molecule has 0 bridgehead atoms. The lowest BCUT2D eigenvalue weighted by Gasteiger charge is -2.33. The maximum Gasteiger partial charge on any atom is 0.260 e. The number of hydrogen-bond donors (Lipinski definition) is 0. The third kappa shape index (κ3) is 4.33. The van der Waals surface area contributed by atoms with Gasteiger partial charge in [0.05, 0.1) is 0 Å². The first kappa shape index (κ1) is 16.5. The van der Waals surface area contributed by atoms with E-state index >= 15 is 0 Å². The molecule has 0 saturated heterocycles. The highest BCUT2D eigenvalue weighted by Crippen LogP contribution is 2.22. The Morgan fingerprint density at radius 2 is 1.77 bits per heavy atom. The number of ether oxygens (including phenoxy) is 1. The van der Waals surface area contributed by atoms with Crippen molar-refractivity contribution >= 4 is 11.7 Å². The van der Waals surface area contributed by atoms with E-state index in [1.54, 1.807) is 24.3 Å². The van der Waals surface area contributed by atoms with Crippen molar-refractivity contribution in [2.75, 3.05) is 13.2 Å². The summed E-state index contributed by atoms with van der Waals surface area (Å²) in [6, 6.07) is 7.29. The van der Waals surface area contributed by atoms with Crippen molar-refractivity contribution in [1.29, 1.82) is 0 Å². The largest absolute Gasteiger partial charge is 0.484 e. The first-order valence-corrected chi connectivity index (χ1v) is 8.15. The molecule has 22 heavy (non-hydrogen) atoms. The molecule has 0 spiro atoms. The van der Waals surface area contributed by atoms with Crippen LogP contribution in [0.15, 0.2) is 24.3 Å². The van der Waals surface area contributed by atoms with E-state index in [4.69, 9.17) is 4.74 Å². The number of nitrogens with zero attached hydrogens (tertiary/aromatic N) is 1. The van der Waals surface area contributed by atoms with Gasteiger partial charge < -0.3 is 9.64 Å². The minimum atomic E-state index is 0.0251. The van der Waals surface area contributed by atoms with E-state index in [0.29, 0.717) is 17.4 Å². The summed E-state index contributed by atoms with van der Waals surface area (Å²) < 4.78 is 5.57. The predicted octanol–water partition coefficient (Wildman–Crippen LogP) is 3.45. The number of carbonyl (C=O) groups excluding carboxylic acids is 2. The Morgan fingerprint density at radius 3 is 2.32 bits per heavy atom. The molecule has 1 fully saturated rings. The fourth-order valence-corrected chi connectivity index (χ4v) is 3.04. The maximum absolute atomic E-state index is 12.4. The van der Waals surface area contributed by atoms with Gasteiger partial charge in [-0.15, -0.1) is 0 Å². The molecule has 0 heterocycles. The Labute approximate surface area is 132 Å². The predicted molar refractivity (Wildman–Crippen MR) is 86.2 cm³/mol. The molecule has 0 N–H and O–H groups in total. The van der Waals surface area contributed by atoms with E-state index in [1.165, 1.54) is 26.2 Å². The summed E-state index contributed by atoms with van der Waals surface area (Å²) in [6.45, 7) is 4.34. The van der Waals surface area contributed by atoms with Crippen molar-refractivity contribution in [1.82, 2.24) is 4.90 Å². The third-order valence-corrected chi connectivity index (χ3v) is 4.30. The van der Waals surface area contributed by atoms with Gasteiger partial charge in [-0.05, 0) is 51.0 Å². The molecule has 0 unspecified atom stereocenters. The van der Waals surface area contributed by atoms with Crippen LogP contribution in [0, 0.1) is 0 Å². The number of ketones is 1. The zero-order valence-corrected chi connectivity index (χ0v) is 13.5. The highest BCUT2D eigenvalue weighted by molar-refractivity contribution is 5.94. The van der Waals surface area contributed by atoms with Crippen LogP contribution in [0.3, 0.4) is 0 Å². The van der Waals surface area contributed by atoms with Crippen LogP contribution >= 0.6 is 0 Å². The van der Waals surface area contributed by atoms with Crippen LogP contribution in [0.4, 0.5) is 0 Å². The van der Waals surface area contributed by atoms with Gasteiger partial charge in [0, 0.05) is 18.2 Å². The molecular weight excluding hydrogens is 278 g/mol. The van der Waals surface area contributed by atoms with E-state index in [1.807, 2.05) is 11.8 Å². The first-order valence-electron chi connectivity index (χ1n) is 8.15. The summed E-state index contributed by atoms with van der Waals surface area (Å²) in [6.07, 6.45) is 5.91. The topological polar surface area (TPSA) is 46.6 Å². The van der Waals surface area contributed by atoms with E-state index in [9.17, 15) is 9.59 Å². The van der Waals surface area contributed by atoms with Crippen LogP contribution in [-0.2, 0) is 4.79 Å². The van der Waals surface area contributed by atoms with Gasteiger partial charge in [0.1, 0.15) is 5.75 Å². The van der Waals surface area contributed by atoms with E-state index < -0.39 is 0 Å². The normalized spacial score (nSPS) is 15.4. The van der Waals surface area contributed by atoms with Crippen LogP contribution in [0.1, 0.15) is 56.3 Å². The van der Waals surface area contributed by atoms with Crippen LogP contribution in [-0.4, -0.2) is 35.8 Å². The zero-order valence-electron chi connectivity index (χ0n) is 13.5. The van der Waals surface area contributed by atoms with Crippen molar-refractivity contribution in [3.05, 3.63) is 29.8 Å². The Morgan fingerprint density at radius 1 is 1.14 bits per heavy atom. The Hall–Kier alpha value is -1.84. The average Bonchev–Trinajstić information content (AvgIpc) is 2.55. The second-order valence-electron chi connectivity index (χ2n) is 5.84. The molecule has 120 valence electrons. The third-order valence-electron chi connectivity index (χ3n) is 4.30. The molecule has 0 radical (unpaired) electrons. The van der Waals surface area contributed by atoms with Gasteiger partial charge in [0.15, 0.2) is 12.4 Å². The monoisotopic (exact) mass is 303 g/mol. The molecule has 1 saturated carbocycles. The van der Waals surface area contributed by atoms with Gasteiger partial charge in [-0.1, -0.05) is 19.3 Å². The zero-order chi connectivity index (χ0) is 15.9. The van der Waals surface area contributed by atoms with Gasteiger partial charge in [-0.25, -0.2) is 0 Å². The quantitative estimate of drug-likeness (QED) is 0.756. The molecule has 1 aromatic rings. The Balaban J connectivity index is 1.88. The van der Waals surface area contributed by atoms with Crippen molar-refractivity contribution in [2.45, 2.75) is 52.0 Å². The molecule has 1 aliphatic rings. The number of carbonyl (C=O) groups is 2. The number of rotatable bonds is 6. The number of Topliss-reactive ketones (excluding diaryl/α,β-unsaturated/α-hetero) is 1. The summed E-state index contributed by atoms with van der Waals surface area (Å²) in [5.41, 5.74) is 0.649. The van der Waals surface area contributed by atoms with E-state index in [0.717, 1.165) is 19.4 Å². The summed E-state index contributed by atoms with van der Waals surface area (Å²) in [5, 5.41) is 0. The highest BCUT2D eigenvalue weighted by atomic mass is 16.5. The molecule has 0 atom stereocenters. The van der Waals surface area contributed by atoms with Gasteiger partial charge >= 0.3 is 0 Å². The van der Waals surface area contributed by atoms with Gasteiger partial charge in [0.2, 0.25) is 0 Å². The van der Waals surface area contributed by atoms with Gasteiger partial charge in [0.25, 0.3) is 5.91 Å². The molecule has 1 amide bonds. The Kier molecular flexibility index (Phi) is 5.99. The molecular formula is C18H25NO3.